The quantitative estimate of drug-likeness (QED) is 0.903. The highest BCUT2D eigenvalue weighted by atomic mass is 32.2. The lowest BCUT2D eigenvalue weighted by molar-refractivity contribution is 0.0988. The van der Waals surface area contributed by atoms with Gasteiger partial charge in [0, 0.05) is 24.8 Å². The van der Waals surface area contributed by atoms with Crippen molar-refractivity contribution in [3.63, 3.8) is 0 Å². The van der Waals surface area contributed by atoms with E-state index in [0.717, 1.165) is 0 Å². The molecule has 2 aromatic rings. The van der Waals surface area contributed by atoms with Gasteiger partial charge in [-0.1, -0.05) is 5.16 Å². The van der Waals surface area contributed by atoms with Crippen LogP contribution in [0.15, 0.2) is 39.8 Å². The summed E-state index contributed by atoms with van der Waals surface area (Å²) in [6.45, 7) is 5.31. The summed E-state index contributed by atoms with van der Waals surface area (Å²) in [5, 5.41) is 6.26. The lowest BCUT2D eigenvalue weighted by atomic mass is 10.3. The van der Waals surface area contributed by atoms with Crippen LogP contribution in [0.3, 0.4) is 0 Å². The largest absolute Gasteiger partial charge is 0.351 e. The molecule has 7 nitrogen and oxygen atoms in total. The third kappa shape index (κ3) is 3.77. The topological polar surface area (TPSA) is 92.5 Å². The van der Waals surface area contributed by atoms with E-state index in [0.29, 0.717) is 11.4 Å². The van der Waals surface area contributed by atoms with Crippen LogP contribution in [-0.4, -0.2) is 36.9 Å². The average molecular weight is 337 g/mol. The van der Waals surface area contributed by atoms with E-state index < -0.39 is 15.9 Å². The monoisotopic (exact) mass is 337 g/mol. The minimum atomic E-state index is -3.54. The molecule has 8 heteroatoms. The summed E-state index contributed by atoms with van der Waals surface area (Å²) >= 11 is 0. The Bertz CT molecular complexity index is 794. The van der Waals surface area contributed by atoms with Gasteiger partial charge < -0.3 is 9.84 Å². The Labute approximate surface area is 135 Å². The SMILES string of the molecule is Cc1cc(C(=O)Nc2ccc(S(=O)(=O)N(C)C(C)C)cc2)on1. The van der Waals surface area contributed by atoms with Gasteiger partial charge in [0.1, 0.15) is 0 Å². The lowest BCUT2D eigenvalue weighted by Gasteiger charge is -2.21. The molecular weight excluding hydrogens is 318 g/mol. The van der Waals surface area contributed by atoms with Crippen LogP contribution in [-0.2, 0) is 10.0 Å². The standard InChI is InChI=1S/C15H19N3O4S/c1-10(2)18(4)23(20,21)13-7-5-12(6-8-13)16-15(19)14-9-11(3)17-22-14/h5-10H,1-4H3,(H,16,19). The minimum absolute atomic E-state index is 0.0961. The fourth-order valence-corrected chi connectivity index (χ4v) is 3.18. The van der Waals surface area contributed by atoms with Crippen LogP contribution >= 0.6 is 0 Å². The number of benzene rings is 1. The highest BCUT2D eigenvalue weighted by Gasteiger charge is 2.23. The van der Waals surface area contributed by atoms with Crippen molar-refractivity contribution >= 4 is 21.6 Å². The van der Waals surface area contributed by atoms with Gasteiger partial charge >= 0.3 is 0 Å². The van der Waals surface area contributed by atoms with Crippen LogP contribution in [0.4, 0.5) is 5.69 Å². The number of anilines is 1. The molecule has 1 aromatic carbocycles. The molecule has 124 valence electrons. The van der Waals surface area contributed by atoms with Crippen molar-refractivity contribution in [3.05, 3.63) is 41.8 Å². The molecule has 23 heavy (non-hydrogen) atoms. The fourth-order valence-electron chi connectivity index (χ4n) is 1.82. The first-order valence-corrected chi connectivity index (χ1v) is 8.48. The number of aryl methyl sites for hydroxylation is 1. The Morgan fingerprint density at radius 2 is 1.87 bits per heavy atom. The number of hydrogen-bond acceptors (Lipinski definition) is 5. The zero-order valence-corrected chi connectivity index (χ0v) is 14.2. The van der Waals surface area contributed by atoms with Crippen molar-refractivity contribution in [3.8, 4) is 0 Å². The van der Waals surface area contributed by atoms with Crippen molar-refractivity contribution in [2.75, 3.05) is 12.4 Å². The van der Waals surface area contributed by atoms with Gasteiger partial charge in [0.2, 0.25) is 15.8 Å². The van der Waals surface area contributed by atoms with Crippen LogP contribution < -0.4 is 5.32 Å². The summed E-state index contributed by atoms with van der Waals surface area (Å²) in [7, 11) is -2.01. The minimum Gasteiger partial charge on any atom is -0.351 e. The average Bonchev–Trinajstić information content (AvgIpc) is 2.93. The summed E-state index contributed by atoms with van der Waals surface area (Å²) < 4.78 is 30.9. The molecule has 0 aliphatic carbocycles. The summed E-state index contributed by atoms with van der Waals surface area (Å²) in [5.41, 5.74) is 1.07. The van der Waals surface area contributed by atoms with Crippen molar-refractivity contribution in [2.24, 2.45) is 0 Å². The first-order chi connectivity index (χ1) is 10.7. The van der Waals surface area contributed by atoms with E-state index in [1.165, 1.54) is 41.7 Å². The molecule has 1 N–H and O–H groups in total. The number of rotatable bonds is 5. The smallest absolute Gasteiger partial charge is 0.294 e. The molecule has 0 saturated carbocycles. The number of hydrogen-bond donors (Lipinski definition) is 1. The number of amides is 1. The molecule has 0 fully saturated rings. The van der Waals surface area contributed by atoms with Crippen LogP contribution in [0.1, 0.15) is 30.1 Å². The lowest BCUT2D eigenvalue weighted by Crippen LogP contribution is -2.33. The third-order valence-electron chi connectivity index (χ3n) is 3.37. The highest BCUT2D eigenvalue weighted by Crippen LogP contribution is 2.19. The van der Waals surface area contributed by atoms with E-state index in [4.69, 9.17) is 4.52 Å². The molecule has 0 atom stereocenters. The molecule has 1 aromatic heterocycles. The van der Waals surface area contributed by atoms with Crippen molar-refractivity contribution < 1.29 is 17.7 Å². The predicted molar refractivity (Wildman–Crippen MR) is 85.7 cm³/mol. The molecular formula is C15H19N3O4S. The van der Waals surface area contributed by atoms with Gasteiger partial charge in [-0.05, 0) is 45.0 Å². The van der Waals surface area contributed by atoms with Crippen molar-refractivity contribution in [2.45, 2.75) is 31.7 Å². The molecule has 2 rings (SSSR count). The molecule has 0 aliphatic heterocycles. The Morgan fingerprint density at radius 3 is 2.35 bits per heavy atom. The summed E-state index contributed by atoms with van der Waals surface area (Å²) in [5.74, 6) is -0.348. The van der Waals surface area contributed by atoms with Crippen molar-refractivity contribution in [1.29, 1.82) is 0 Å². The van der Waals surface area contributed by atoms with Crippen LogP contribution in [0.5, 0.6) is 0 Å². The van der Waals surface area contributed by atoms with Gasteiger partial charge in [-0.2, -0.15) is 4.31 Å². The number of aromatic nitrogens is 1. The van der Waals surface area contributed by atoms with Gasteiger partial charge in [0.05, 0.1) is 10.6 Å². The van der Waals surface area contributed by atoms with E-state index in [1.54, 1.807) is 20.8 Å². The van der Waals surface area contributed by atoms with E-state index in [1.807, 2.05) is 0 Å². The van der Waals surface area contributed by atoms with E-state index in [-0.39, 0.29) is 16.7 Å². The maximum atomic E-state index is 12.3. The highest BCUT2D eigenvalue weighted by molar-refractivity contribution is 7.89. The Morgan fingerprint density at radius 1 is 1.26 bits per heavy atom. The number of sulfonamides is 1. The fraction of sp³-hybridized carbons (Fsp3) is 0.333. The van der Waals surface area contributed by atoms with Crippen LogP contribution in [0, 0.1) is 6.92 Å². The number of carbonyl (C=O) groups excluding carboxylic acids is 1. The molecule has 0 unspecified atom stereocenters. The molecule has 1 heterocycles. The van der Waals surface area contributed by atoms with Crippen LogP contribution in [0.25, 0.3) is 0 Å². The van der Waals surface area contributed by atoms with E-state index in [2.05, 4.69) is 10.5 Å². The van der Waals surface area contributed by atoms with Crippen molar-refractivity contribution in [1.82, 2.24) is 9.46 Å². The molecule has 0 saturated heterocycles. The van der Waals surface area contributed by atoms with Crippen LogP contribution in [0.2, 0.25) is 0 Å². The maximum absolute atomic E-state index is 12.3. The second-order valence-electron chi connectivity index (χ2n) is 5.43. The molecule has 0 radical (unpaired) electrons. The van der Waals surface area contributed by atoms with Gasteiger partial charge in [-0.25, -0.2) is 8.42 Å². The second-order valence-corrected chi connectivity index (χ2v) is 7.42. The van der Waals surface area contributed by atoms with E-state index in [9.17, 15) is 13.2 Å². The zero-order valence-electron chi connectivity index (χ0n) is 13.4. The normalized spacial score (nSPS) is 11.9. The number of nitrogens with zero attached hydrogens (tertiary/aromatic N) is 2. The Kier molecular flexibility index (Phi) is 4.86. The first-order valence-electron chi connectivity index (χ1n) is 7.04. The van der Waals surface area contributed by atoms with Gasteiger partial charge in [0.15, 0.2) is 0 Å². The van der Waals surface area contributed by atoms with E-state index >= 15 is 0 Å². The van der Waals surface area contributed by atoms with Gasteiger partial charge in [0.25, 0.3) is 5.91 Å². The first kappa shape index (κ1) is 17.2. The summed E-state index contributed by atoms with van der Waals surface area (Å²) in [6.07, 6.45) is 0. The molecule has 1 amide bonds. The number of carbonyl (C=O) groups is 1. The molecule has 0 aliphatic rings. The second kappa shape index (κ2) is 6.51. The maximum Gasteiger partial charge on any atom is 0.294 e. The summed E-state index contributed by atoms with van der Waals surface area (Å²) in [6, 6.07) is 7.34. The Hall–Kier alpha value is -2.19. The predicted octanol–water partition coefficient (Wildman–Crippen LogP) is 2.26. The third-order valence-corrected chi connectivity index (χ3v) is 5.42. The molecule has 0 bridgehead atoms. The molecule has 0 spiro atoms. The summed E-state index contributed by atoms with van der Waals surface area (Å²) in [4.78, 5) is 12.1. The Balaban J connectivity index is 2.15. The van der Waals surface area contributed by atoms with Gasteiger partial charge in [-0.3, -0.25) is 4.79 Å². The zero-order chi connectivity index (χ0) is 17.2. The number of nitrogens with one attached hydrogen (secondary N) is 1. The van der Waals surface area contributed by atoms with Gasteiger partial charge in [-0.15, -0.1) is 0 Å².